The number of aliphatic hydroxyl groups is 1. The molecule has 0 radical (unpaired) electrons. The van der Waals surface area contributed by atoms with Crippen molar-refractivity contribution >= 4 is 35.1 Å². The second kappa shape index (κ2) is 11.8. The molecule has 3 fully saturated rings. The number of fused-ring (bicyclic) bond motifs is 1. The van der Waals surface area contributed by atoms with Gasteiger partial charge in [-0.3, -0.25) is 14.4 Å². The second-order valence-electron chi connectivity index (χ2n) is 9.81. The molecule has 9 heteroatoms. The summed E-state index contributed by atoms with van der Waals surface area (Å²) in [6.45, 7) is 8.23. The zero-order valence-electron chi connectivity index (χ0n) is 21.0. The normalized spacial score (nSPS) is 27.7. The molecule has 8 nitrogen and oxygen atoms in total. The summed E-state index contributed by atoms with van der Waals surface area (Å²) in [6, 6.07) is 6.14. The van der Waals surface area contributed by atoms with Crippen LogP contribution in [0.25, 0.3) is 0 Å². The lowest BCUT2D eigenvalue weighted by molar-refractivity contribution is -0.155. The van der Waals surface area contributed by atoms with Gasteiger partial charge in [-0.1, -0.05) is 35.9 Å². The number of aliphatic hydroxyl groups excluding tert-OH is 1. The number of ether oxygens (including phenoxy) is 2. The molecule has 0 aromatic heterocycles. The average molecular weight is 531 g/mol. The van der Waals surface area contributed by atoms with Crippen LogP contribution in [0.5, 0.6) is 0 Å². The molecule has 37 heavy (non-hydrogen) atoms. The van der Waals surface area contributed by atoms with Gasteiger partial charge in [-0.25, -0.2) is 0 Å². The fourth-order valence-electron chi connectivity index (χ4n) is 6.10. The van der Waals surface area contributed by atoms with E-state index in [1.165, 1.54) is 4.90 Å². The van der Waals surface area contributed by atoms with Crippen LogP contribution in [-0.4, -0.2) is 71.8 Å². The van der Waals surface area contributed by atoms with Gasteiger partial charge < -0.3 is 24.4 Å². The van der Waals surface area contributed by atoms with Crippen LogP contribution in [0.3, 0.4) is 0 Å². The number of hydrogen-bond donors (Lipinski definition) is 1. The van der Waals surface area contributed by atoms with Crippen molar-refractivity contribution in [2.45, 2.75) is 56.3 Å². The van der Waals surface area contributed by atoms with Gasteiger partial charge in [-0.05, 0) is 50.7 Å². The van der Waals surface area contributed by atoms with Gasteiger partial charge in [-0.2, -0.15) is 0 Å². The number of nitrogens with zero attached hydrogens (tertiary/aromatic N) is 2. The summed E-state index contributed by atoms with van der Waals surface area (Å²) in [5.41, 5.74) is -0.590. The van der Waals surface area contributed by atoms with Gasteiger partial charge in [0.25, 0.3) is 5.91 Å². The number of likely N-dealkylation sites (tertiary alicyclic amines) is 1. The monoisotopic (exact) mass is 530 g/mol. The van der Waals surface area contributed by atoms with Crippen LogP contribution in [0.1, 0.15) is 38.5 Å². The summed E-state index contributed by atoms with van der Waals surface area (Å²) < 4.78 is 11.9. The van der Waals surface area contributed by atoms with E-state index in [1.807, 2.05) is 0 Å². The molecule has 1 aromatic rings. The summed E-state index contributed by atoms with van der Waals surface area (Å²) in [6.07, 6.45) is 6.32. The number of rotatable bonds is 13. The van der Waals surface area contributed by atoms with Crippen molar-refractivity contribution in [3.63, 3.8) is 0 Å². The van der Waals surface area contributed by atoms with E-state index in [4.69, 9.17) is 21.1 Å². The number of esters is 1. The molecule has 4 rings (SSSR count). The molecule has 200 valence electrons. The van der Waals surface area contributed by atoms with E-state index in [0.29, 0.717) is 55.8 Å². The van der Waals surface area contributed by atoms with Crippen molar-refractivity contribution < 1.29 is 29.0 Å². The molecule has 1 N–H and O–H groups in total. The number of hydrogen-bond acceptors (Lipinski definition) is 6. The fourth-order valence-corrected chi connectivity index (χ4v) is 6.34. The van der Waals surface area contributed by atoms with Crippen LogP contribution in [0, 0.1) is 11.8 Å². The second-order valence-corrected chi connectivity index (χ2v) is 10.2. The predicted molar refractivity (Wildman–Crippen MR) is 140 cm³/mol. The zero-order chi connectivity index (χ0) is 26.6. The van der Waals surface area contributed by atoms with E-state index in [9.17, 15) is 19.5 Å². The smallest absolute Gasteiger partial charge is 0.312 e. The molecule has 3 heterocycles. The van der Waals surface area contributed by atoms with Gasteiger partial charge in [0.1, 0.15) is 11.6 Å². The van der Waals surface area contributed by atoms with Crippen LogP contribution < -0.4 is 4.90 Å². The quantitative estimate of drug-likeness (QED) is 0.238. The number of benzene rings is 1. The van der Waals surface area contributed by atoms with Crippen LogP contribution in [-0.2, 0) is 23.9 Å². The van der Waals surface area contributed by atoms with Gasteiger partial charge in [0.15, 0.2) is 0 Å². The maximum absolute atomic E-state index is 14.3. The molecular formula is C28H35ClN2O6. The summed E-state index contributed by atoms with van der Waals surface area (Å²) in [5, 5.41) is 9.60. The average Bonchev–Trinajstić information content (AvgIpc) is 3.53. The number of anilines is 1. The summed E-state index contributed by atoms with van der Waals surface area (Å²) in [4.78, 5) is 44.5. The first-order chi connectivity index (χ1) is 17.9. The van der Waals surface area contributed by atoms with Crippen LogP contribution in [0.15, 0.2) is 49.6 Å². The van der Waals surface area contributed by atoms with Gasteiger partial charge in [-0.15, -0.1) is 13.2 Å². The third kappa shape index (κ3) is 4.94. The third-order valence-electron chi connectivity index (χ3n) is 7.65. The molecule has 2 unspecified atom stereocenters. The number of para-hydroxylation sites is 1. The van der Waals surface area contributed by atoms with E-state index in [2.05, 4.69) is 13.2 Å². The first-order valence-corrected chi connectivity index (χ1v) is 13.3. The Hall–Kier alpha value is -2.68. The van der Waals surface area contributed by atoms with Crippen molar-refractivity contribution in [3.05, 3.63) is 54.6 Å². The number of halogens is 1. The summed E-state index contributed by atoms with van der Waals surface area (Å²) in [7, 11) is 0. The molecule has 2 amide bonds. The maximum atomic E-state index is 14.3. The lowest BCUT2D eigenvalue weighted by Crippen LogP contribution is -2.56. The Morgan fingerprint density at radius 2 is 2.03 bits per heavy atom. The predicted octanol–water partition coefficient (Wildman–Crippen LogP) is 3.52. The van der Waals surface area contributed by atoms with E-state index < -0.39 is 35.6 Å². The molecule has 3 aliphatic heterocycles. The molecule has 1 aromatic carbocycles. The SMILES string of the molecule is C=CCCOC(=O)[C@@H]1[C@@H]2CCC3(O2)C(C(=O)N(CC=C)c2ccccc2Cl)N(CCCCCO)C(=O)[C@H]13. The Kier molecular flexibility index (Phi) is 8.72. The van der Waals surface area contributed by atoms with E-state index in [1.54, 1.807) is 41.3 Å². The first kappa shape index (κ1) is 27.4. The molecule has 5 atom stereocenters. The van der Waals surface area contributed by atoms with Crippen molar-refractivity contribution in [1.29, 1.82) is 0 Å². The van der Waals surface area contributed by atoms with Crippen LogP contribution >= 0.6 is 11.6 Å². The fraction of sp³-hybridized carbons (Fsp3) is 0.536. The minimum Gasteiger partial charge on any atom is -0.465 e. The highest BCUT2D eigenvalue weighted by atomic mass is 35.5. The van der Waals surface area contributed by atoms with Crippen molar-refractivity contribution in [2.24, 2.45) is 11.8 Å². The van der Waals surface area contributed by atoms with Gasteiger partial charge in [0.05, 0.1) is 35.3 Å². The minimum atomic E-state index is -1.11. The van der Waals surface area contributed by atoms with Crippen molar-refractivity contribution in [1.82, 2.24) is 4.90 Å². The molecule has 2 bridgehead atoms. The highest BCUT2D eigenvalue weighted by molar-refractivity contribution is 6.34. The Morgan fingerprint density at radius 3 is 2.73 bits per heavy atom. The van der Waals surface area contributed by atoms with E-state index in [-0.39, 0.29) is 31.6 Å². The Bertz CT molecular complexity index is 1050. The van der Waals surface area contributed by atoms with Crippen molar-refractivity contribution in [3.8, 4) is 0 Å². The lowest BCUT2D eigenvalue weighted by atomic mass is 9.70. The summed E-state index contributed by atoms with van der Waals surface area (Å²) in [5.74, 6) is -2.57. The number of carbonyl (C=O) groups is 3. The van der Waals surface area contributed by atoms with Crippen LogP contribution in [0.2, 0.25) is 5.02 Å². The molecule has 1 spiro atoms. The molecular weight excluding hydrogens is 496 g/mol. The number of unbranched alkanes of at least 4 members (excludes halogenated alkanes) is 2. The van der Waals surface area contributed by atoms with Gasteiger partial charge in [0.2, 0.25) is 5.91 Å². The van der Waals surface area contributed by atoms with Crippen LogP contribution in [0.4, 0.5) is 5.69 Å². The Morgan fingerprint density at radius 1 is 1.24 bits per heavy atom. The van der Waals surface area contributed by atoms with Gasteiger partial charge in [0, 0.05) is 19.7 Å². The zero-order valence-corrected chi connectivity index (χ0v) is 21.8. The standard InChI is InChI=1S/C28H35ClN2O6/c1-3-5-18-36-27(35)22-21-13-14-28(37-21)23(22)25(33)31(16-9-6-10-17-32)24(28)26(34)30(15-4-2)20-12-8-7-11-19(20)29/h3-4,7-8,11-12,21-24,32H,1-2,5-6,9-10,13-18H2/t21-,22+,23-,24?,28?/m0/s1. The summed E-state index contributed by atoms with van der Waals surface area (Å²) >= 11 is 6.47. The third-order valence-corrected chi connectivity index (χ3v) is 7.97. The highest BCUT2D eigenvalue weighted by Crippen LogP contribution is 2.59. The first-order valence-electron chi connectivity index (χ1n) is 12.9. The van der Waals surface area contributed by atoms with E-state index >= 15 is 0 Å². The minimum absolute atomic E-state index is 0.0614. The number of carbonyl (C=O) groups excluding carboxylic acids is 3. The highest BCUT2D eigenvalue weighted by Gasteiger charge is 2.75. The Balaban J connectivity index is 1.70. The van der Waals surface area contributed by atoms with Gasteiger partial charge >= 0.3 is 5.97 Å². The largest absolute Gasteiger partial charge is 0.465 e. The molecule has 0 aliphatic carbocycles. The Labute approximate surface area is 222 Å². The maximum Gasteiger partial charge on any atom is 0.312 e. The lowest BCUT2D eigenvalue weighted by Gasteiger charge is -2.37. The molecule has 3 aliphatic rings. The van der Waals surface area contributed by atoms with Crippen molar-refractivity contribution in [2.75, 3.05) is 31.2 Å². The van der Waals surface area contributed by atoms with E-state index in [0.717, 1.165) is 0 Å². The topological polar surface area (TPSA) is 96.4 Å². The molecule has 0 saturated carbocycles. The molecule has 3 saturated heterocycles. The number of amides is 2.